The molecule has 0 fully saturated rings. The van der Waals surface area contributed by atoms with E-state index in [4.69, 9.17) is 9.97 Å². The summed E-state index contributed by atoms with van der Waals surface area (Å²) in [6.07, 6.45) is 3.73. The van der Waals surface area contributed by atoms with E-state index in [2.05, 4.69) is 201 Å². The molecular formula is C52H34N6S. The quantitative estimate of drug-likeness (QED) is 0.168. The fraction of sp³-hybridized carbons (Fsp3) is 0. The van der Waals surface area contributed by atoms with Crippen LogP contribution in [-0.2, 0) is 0 Å². The number of hydrogen-bond acceptors (Lipinski definition) is 5. The summed E-state index contributed by atoms with van der Waals surface area (Å²) in [5, 5.41) is 4.73. The Hall–Kier alpha value is -7.61. The molecule has 1 aliphatic rings. The van der Waals surface area contributed by atoms with Crippen LogP contribution < -0.4 is 9.80 Å². The maximum Gasteiger partial charge on any atom is 0.137 e. The lowest BCUT2D eigenvalue weighted by molar-refractivity contribution is 1.08. The number of aromatic nitrogens is 4. The number of anilines is 6. The van der Waals surface area contributed by atoms with Gasteiger partial charge >= 0.3 is 0 Å². The topological polar surface area (TPSA) is 42.1 Å². The van der Waals surface area contributed by atoms with Crippen molar-refractivity contribution in [1.82, 2.24) is 19.1 Å². The zero-order chi connectivity index (χ0) is 38.9. The first-order valence-electron chi connectivity index (χ1n) is 19.7. The smallest absolute Gasteiger partial charge is 0.137 e. The Morgan fingerprint density at radius 2 is 0.932 bits per heavy atom. The van der Waals surface area contributed by atoms with Crippen LogP contribution in [0.15, 0.2) is 216 Å². The van der Waals surface area contributed by atoms with E-state index in [1.54, 1.807) is 0 Å². The second-order valence-electron chi connectivity index (χ2n) is 14.7. The average Bonchev–Trinajstić information content (AvgIpc) is 3.81. The van der Waals surface area contributed by atoms with Gasteiger partial charge in [-0.05, 0) is 97.1 Å². The average molecular weight is 775 g/mol. The molecule has 0 N–H and O–H groups in total. The van der Waals surface area contributed by atoms with Crippen LogP contribution in [0.2, 0.25) is 0 Å². The van der Waals surface area contributed by atoms with Crippen LogP contribution in [0, 0.1) is 0 Å². The van der Waals surface area contributed by atoms with E-state index < -0.39 is 0 Å². The lowest BCUT2D eigenvalue weighted by atomic mass is 10.1. The minimum atomic E-state index is 0.881. The molecule has 0 amide bonds. The van der Waals surface area contributed by atoms with E-state index in [9.17, 15) is 0 Å². The van der Waals surface area contributed by atoms with Crippen molar-refractivity contribution in [2.75, 3.05) is 9.80 Å². The minimum absolute atomic E-state index is 0.881. The first-order valence-corrected chi connectivity index (χ1v) is 20.6. The molecular weight excluding hydrogens is 741 g/mol. The molecule has 6 nitrogen and oxygen atoms in total. The van der Waals surface area contributed by atoms with Gasteiger partial charge in [-0.25, -0.2) is 9.97 Å². The van der Waals surface area contributed by atoms with Crippen LogP contribution >= 0.6 is 11.8 Å². The summed E-state index contributed by atoms with van der Waals surface area (Å²) in [6.45, 7) is 0. The van der Waals surface area contributed by atoms with Crippen molar-refractivity contribution in [3.63, 3.8) is 0 Å². The van der Waals surface area contributed by atoms with Gasteiger partial charge in [0, 0.05) is 55.9 Å². The van der Waals surface area contributed by atoms with Gasteiger partial charge in [0.15, 0.2) is 0 Å². The zero-order valence-electron chi connectivity index (χ0n) is 31.7. The molecule has 0 atom stereocenters. The molecule has 0 radical (unpaired) electrons. The molecule has 0 saturated heterocycles. The maximum absolute atomic E-state index is 4.85. The molecule has 59 heavy (non-hydrogen) atoms. The Morgan fingerprint density at radius 3 is 1.54 bits per heavy atom. The second-order valence-corrected chi connectivity index (χ2v) is 15.7. The monoisotopic (exact) mass is 774 g/mol. The zero-order valence-corrected chi connectivity index (χ0v) is 32.5. The molecule has 0 aliphatic carbocycles. The van der Waals surface area contributed by atoms with Gasteiger partial charge in [-0.3, -0.25) is 9.13 Å². The van der Waals surface area contributed by atoms with E-state index in [1.165, 1.54) is 37.0 Å². The van der Waals surface area contributed by atoms with Crippen molar-refractivity contribution < 1.29 is 0 Å². The number of pyridine rings is 2. The maximum atomic E-state index is 4.85. The largest absolute Gasteiger partial charge is 0.309 e. The van der Waals surface area contributed by atoms with Crippen molar-refractivity contribution in [2.45, 2.75) is 9.79 Å². The molecule has 5 heterocycles. The van der Waals surface area contributed by atoms with Crippen LogP contribution in [0.25, 0.3) is 55.2 Å². The summed E-state index contributed by atoms with van der Waals surface area (Å²) < 4.78 is 4.58. The van der Waals surface area contributed by atoms with Crippen molar-refractivity contribution in [2.24, 2.45) is 0 Å². The van der Waals surface area contributed by atoms with E-state index in [1.807, 2.05) is 36.3 Å². The number of hydrogen-bond donors (Lipinski definition) is 0. The first-order chi connectivity index (χ1) is 29.3. The predicted molar refractivity (Wildman–Crippen MR) is 244 cm³/mol. The van der Waals surface area contributed by atoms with Gasteiger partial charge in [-0.15, -0.1) is 0 Å². The molecule has 0 saturated carbocycles. The molecule has 0 spiro atoms. The predicted octanol–water partition coefficient (Wildman–Crippen LogP) is 14.1. The number of benzene rings is 7. The lowest BCUT2D eigenvalue weighted by Gasteiger charge is -2.36. The van der Waals surface area contributed by atoms with Crippen LogP contribution in [0.5, 0.6) is 0 Å². The summed E-state index contributed by atoms with van der Waals surface area (Å²) in [5.41, 5.74) is 11.0. The van der Waals surface area contributed by atoms with Crippen LogP contribution in [0.4, 0.5) is 34.1 Å². The van der Waals surface area contributed by atoms with Crippen molar-refractivity contribution in [3.8, 4) is 11.6 Å². The molecule has 278 valence electrons. The lowest BCUT2D eigenvalue weighted by Crippen LogP contribution is -2.18. The Balaban J connectivity index is 1.15. The highest BCUT2D eigenvalue weighted by Crippen LogP contribution is 2.56. The molecule has 12 rings (SSSR count). The molecule has 0 unspecified atom stereocenters. The van der Waals surface area contributed by atoms with E-state index in [-0.39, 0.29) is 0 Å². The summed E-state index contributed by atoms with van der Waals surface area (Å²) in [4.78, 5) is 16.9. The molecule has 7 heteroatoms. The van der Waals surface area contributed by atoms with E-state index >= 15 is 0 Å². The highest BCUT2D eigenvalue weighted by atomic mass is 32.2. The molecule has 11 aromatic rings. The Kier molecular flexibility index (Phi) is 7.68. The third-order valence-corrected chi connectivity index (χ3v) is 12.6. The summed E-state index contributed by atoms with van der Waals surface area (Å²) in [6, 6.07) is 69.3. The SMILES string of the molecule is c1ccc(N2c3ccccc3Sc3c(N(c4ccc5c6ccccc6n(-c6ccccn6)c5c4)c4ccc5c6ccccc6n(-c6ccccn6)c5c4)cccc32)cc1. The van der Waals surface area contributed by atoms with Gasteiger partial charge in [0.25, 0.3) is 0 Å². The third kappa shape index (κ3) is 5.29. The number of para-hydroxylation sites is 4. The van der Waals surface area contributed by atoms with Crippen LogP contribution in [0.1, 0.15) is 0 Å². The first kappa shape index (κ1) is 33.5. The van der Waals surface area contributed by atoms with E-state index in [0.717, 1.165) is 62.1 Å². The van der Waals surface area contributed by atoms with E-state index in [0.29, 0.717) is 0 Å². The molecule has 4 aromatic heterocycles. The normalized spacial score (nSPS) is 12.3. The van der Waals surface area contributed by atoms with Gasteiger partial charge in [0.1, 0.15) is 11.6 Å². The highest BCUT2D eigenvalue weighted by Gasteiger charge is 2.30. The summed E-state index contributed by atoms with van der Waals surface area (Å²) in [7, 11) is 0. The fourth-order valence-corrected chi connectivity index (χ4v) is 10.0. The highest BCUT2D eigenvalue weighted by molar-refractivity contribution is 8.00. The van der Waals surface area contributed by atoms with Gasteiger partial charge < -0.3 is 9.80 Å². The Labute approximate surface area is 344 Å². The Bertz CT molecular complexity index is 3220. The second kappa shape index (κ2) is 13.5. The third-order valence-electron chi connectivity index (χ3n) is 11.4. The fourth-order valence-electron chi connectivity index (χ4n) is 8.88. The van der Waals surface area contributed by atoms with Crippen LogP contribution in [-0.4, -0.2) is 19.1 Å². The van der Waals surface area contributed by atoms with Crippen molar-refractivity contribution in [1.29, 1.82) is 0 Å². The standard InChI is InChI=1S/C52H34N6S/c1-2-15-35(16-3-1)56-44-21-8-9-24-49(44)59-52-45(22-14-23-46(52)56)55(36-27-29-40-38-17-4-6-19-42(38)57(47(40)33-36)50-25-10-12-31-53-50)37-28-30-41-39-18-5-7-20-43(39)58(48(41)34-37)51-26-11-13-32-54-51/h1-34H. The molecule has 0 bridgehead atoms. The van der Waals surface area contributed by atoms with Crippen LogP contribution in [0.3, 0.4) is 0 Å². The Morgan fingerprint density at radius 1 is 0.407 bits per heavy atom. The molecule has 7 aromatic carbocycles. The molecule has 1 aliphatic heterocycles. The summed E-state index contributed by atoms with van der Waals surface area (Å²) in [5.74, 6) is 1.76. The van der Waals surface area contributed by atoms with Gasteiger partial charge in [-0.2, -0.15) is 0 Å². The van der Waals surface area contributed by atoms with Crippen molar-refractivity contribution >= 4 is 89.5 Å². The number of rotatable bonds is 6. The van der Waals surface area contributed by atoms with Crippen molar-refractivity contribution in [3.05, 3.63) is 207 Å². The van der Waals surface area contributed by atoms with Gasteiger partial charge in [0.2, 0.25) is 0 Å². The van der Waals surface area contributed by atoms with Gasteiger partial charge in [0.05, 0.1) is 44.0 Å². The minimum Gasteiger partial charge on any atom is -0.309 e. The number of nitrogens with zero attached hydrogens (tertiary/aromatic N) is 6. The summed E-state index contributed by atoms with van der Waals surface area (Å²) >= 11 is 1.83. The number of fused-ring (bicyclic) bond motifs is 8. The van der Waals surface area contributed by atoms with Gasteiger partial charge in [-0.1, -0.05) is 109 Å².